The van der Waals surface area contributed by atoms with Crippen LogP contribution in [0, 0.1) is 5.82 Å². The van der Waals surface area contributed by atoms with E-state index in [0.29, 0.717) is 12.1 Å². The van der Waals surface area contributed by atoms with Gasteiger partial charge >= 0.3 is 5.97 Å². The Balaban J connectivity index is 1.82. The van der Waals surface area contributed by atoms with Crippen molar-refractivity contribution in [1.29, 1.82) is 0 Å². The predicted molar refractivity (Wildman–Crippen MR) is 97.1 cm³/mol. The highest BCUT2D eigenvalue weighted by atomic mass is 19.1. The van der Waals surface area contributed by atoms with Crippen LogP contribution in [0.1, 0.15) is 18.1 Å². The minimum Gasteiger partial charge on any atom is -0.497 e. The molecule has 0 saturated heterocycles. The standard InChI is InChI=1S/C20H22FNO5/c1-13(20(24)22-12-14-4-7-16(25-2)8-5-14)27-19(23)11-15-6-9-18(26-3)17(21)10-15/h4-10,13H,11-12H2,1-3H3,(H,22,24)/t13-/m0/s1. The number of hydrogen-bond acceptors (Lipinski definition) is 5. The van der Waals surface area contributed by atoms with Crippen molar-refractivity contribution in [3.8, 4) is 11.5 Å². The van der Waals surface area contributed by atoms with Crippen LogP contribution in [0.2, 0.25) is 0 Å². The molecule has 0 unspecified atom stereocenters. The van der Waals surface area contributed by atoms with Gasteiger partial charge in [0.25, 0.3) is 5.91 Å². The molecule has 0 saturated carbocycles. The normalized spacial score (nSPS) is 11.4. The van der Waals surface area contributed by atoms with E-state index in [-0.39, 0.29) is 12.2 Å². The Morgan fingerprint density at radius 3 is 2.30 bits per heavy atom. The second kappa shape index (κ2) is 9.56. The average Bonchev–Trinajstić information content (AvgIpc) is 2.66. The van der Waals surface area contributed by atoms with Gasteiger partial charge in [-0.15, -0.1) is 0 Å². The van der Waals surface area contributed by atoms with Gasteiger partial charge in [0.05, 0.1) is 20.6 Å². The topological polar surface area (TPSA) is 73.9 Å². The van der Waals surface area contributed by atoms with E-state index >= 15 is 0 Å². The van der Waals surface area contributed by atoms with Crippen LogP contribution in [-0.4, -0.2) is 32.2 Å². The number of halogens is 1. The number of carbonyl (C=O) groups excluding carboxylic acids is 2. The maximum atomic E-state index is 13.7. The van der Waals surface area contributed by atoms with E-state index in [1.54, 1.807) is 25.3 Å². The number of ether oxygens (including phenoxy) is 3. The van der Waals surface area contributed by atoms with Crippen molar-refractivity contribution >= 4 is 11.9 Å². The lowest BCUT2D eigenvalue weighted by molar-refractivity contribution is -0.154. The molecular formula is C20H22FNO5. The van der Waals surface area contributed by atoms with Gasteiger partial charge in [-0.05, 0) is 42.3 Å². The van der Waals surface area contributed by atoms with Crippen LogP contribution in [-0.2, 0) is 27.3 Å². The van der Waals surface area contributed by atoms with Gasteiger partial charge in [0.15, 0.2) is 17.7 Å². The molecule has 0 radical (unpaired) electrons. The molecule has 0 bridgehead atoms. The highest BCUT2D eigenvalue weighted by molar-refractivity contribution is 5.83. The van der Waals surface area contributed by atoms with Crippen molar-refractivity contribution < 1.29 is 28.2 Å². The summed E-state index contributed by atoms with van der Waals surface area (Å²) in [5.74, 6) is -0.777. The Kier molecular flexibility index (Phi) is 7.16. The van der Waals surface area contributed by atoms with Gasteiger partial charge in [-0.2, -0.15) is 0 Å². The van der Waals surface area contributed by atoms with Crippen LogP contribution < -0.4 is 14.8 Å². The van der Waals surface area contributed by atoms with E-state index in [0.717, 1.165) is 11.3 Å². The Bertz CT molecular complexity index is 791. The Morgan fingerprint density at radius 1 is 1.04 bits per heavy atom. The highest BCUT2D eigenvalue weighted by Crippen LogP contribution is 2.18. The summed E-state index contributed by atoms with van der Waals surface area (Å²) in [5.41, 5.74) is 1.32. The largest absolute Gasteiger partial charge is 0.497 e. The van der Waals surface area contributed by atoms with Crippen LogP contribution in [0.5, 0.6) is 11.5 Å². The van der Waals surface area contributed by atoms with Gasteiger partial charge in [-0.3, -0.25) is 9.59 Å². The smallest absolute Gasteiger partial charge is 0.311 e. The molecule has 144 valence electrons. The van der Waals surface area contributed by atoms with E-state index < -0.39 is 23.8 Å². The summed E-state index contributed by atoms with van der Waals surface area (Å²) in [4.78, 5) is 24.0. The fourth-order valence-corrected chi connectivity index (χ4v) is 2.36. The fourth-order valence-electron chi connectivity index (χ4n) is 2.36. The quantitative estimate of drug-likeness (QED) is 0.718. The van der Waals surface area contributed by atoms with E-state index in [1.165, 1.54) is 26.2 Å². The minimum atomic E-state index is -0.959. The Morgan fingerprint density at radius 2 is 1.70 bits per heavy atom. The third-order valence-electron chi connectivity index (χ3n) is 3.87. The summed E-state index contributed by atoms with van der Waals surface area (Å²) in [6.07, 6.45) is -1.10. The summed E-state index contributed by atoms with van der Waals surface area (Å²) in [5, 5.41) is 2.70. The van der Waals surface area contributed by atoms with E-state index in [2.05, 4.69) is 5.32 Å². The molecule has 7 heteroatoms. The molecule has 1 N–H and O–H groups in total. The molecule has 1 atom stereocenters. The van der Waals surface area contributed by atoms with Crippen molar-refractivity contribution in [2.75, 3.05) is 14.2 Å². The number of esters is 1. The van der Waals surface area contributed by atoms with Crippen LogP contribution in [0.4, 0.5) is 4.39 Å². The molecule has 0 aliphatic heterocycles. The molecule has 1 amide bonds. The first kappa shape index (κ1) is 20.2. The van der Waals surface area contributed by atoms with Crippen molar-refractivity contribution in [2.24, 2.45) is 0 Å². The van der Waals surface area contributed by atoms with Gasteiger partial charge in [0.2, 0.25) is 0 Å². The van der Waals surface area contributed by atoms with Gasteiger partial charge in [-0.25, -0.2) is 4.39 Å². The van der Waals surface area contributed by atoms with Crippen molar-refractivity contribution in [1.82, 2.24) is 5.32 Å². The summed E-state index contributed by atoms with van der Waals surface area (Å²) in [6, 6.07) is 11.4. The number of rotatable bonds is 8. The van der Waals surface area contributed by atoms with E-state index in [9.17, 15) is 14.0 Å². The zero-order chi connectivity index (χ0) is 19.8. The molecule has 6 nitrogen and oxygen atoms in total. The molecule has 0 aromatic heterocycles. The van der Waals surface area contributed by atoms with Crippen LogP contribution in [0.25, 0.3) is 0 Å². The summed E-state index contributed by atoms with van der Waals surface area (Å²) in [7, 11) is 2.94. The van der Waals surface area contributed by atoms with E-state index in [1.807, 2.05) is 12.1 Å². The lowest BCUT2D eigenvalue weighted by Gasteiger charge is -2.14. The maximum absolute atomic E-state index is 13.7. The molecule has 0 fully saturated rings. The molecule has 27 heavy (non-hydrogen) atoms. The Labute approximate surface area is 157 Å². The number of benzene rings is 2. The summed E-state index contributed by atoms with van der Waals surface area (Å²) in [6.45, 7) is 1.78. The molecule has 0 heterocycles. The zero-order valence-corrected chi connectivity index (χ0v) is 15.5. The number of amides is 1. The Hall–Kier alpha value is -3.09. The first-order valence-corrected chi connectivity index (χ1v) is 8.35. The highest BCUT2D eigenvalue weighted by Gasteiger charge is 2.18. The fraction of sp³-hybridized carbons (Fsp3) is 0.300. The molecular weight excluding hydrogens is 353 g/mol. The van der Waals surface area contributed by atoms with Crippen molar-refractivity contribution in [2.45, 2.75) is 26.0 Å². The van der Waals surface area contributed by atoms with Crippen LogP contribution in [0.3, 0.4) is 0 Å². The third kappa shape index (κ3) is 5.99. The van der Waals surface area contributed by atoms with Crippen LogP contribution in [0.15, 0.2) is 42.5 Å². The molecule has 0 spiro atoms. The number of methoxy groups -OCH3 is 2. The summed E-state index contributed by atoms with van der Waals surface area (Å²) < 4.78 is 28.7. The van der Waals surface area contributed by atoms with Crippen molar-refractivity contribution in [3.05, 3.63) is 59.4 Å². The monoisotopic (exact) mass is 375 g/mol. The van der Waals surface area contributed by atoms with Crippen molar-refractivity contribution in [3.63, 3.8) is 0 Å². The zero-order valence-electron chi connectivity index (χ0n) is 15.5. The summed E-state index contributed by atoms with van der Waals surface area (Å²) >= 11 is 0. The molecule has 2 aromatic rings. The average molecular weight is 375 g/mol. The van der Waals surface area contributed by atoms with Gasteiger partial charge in [0.1, 0.15) is 5.75 Å². The first-order chi connectivity index (χ1) is 12.9. The van der Waals surface area contributed by atoms with Gasteiger partial charge < -0.3 is 19.5 Å². The predicted octanol–water partition coefficient (Wildman–Crippen LogP) is 2.63. The second-order valence-electron chi connectivity index (χ2n) is 5.84. The lowest BCUT2D eigenvalue weighted by Crippen LogP contribution is -2.35. The molecule has 2 rings (SSSR count). The first-order valence-electron chi connectivity index (χ1n) is 8.35. The molecule has 2 aromatic carbocycles. The van der Waals surface area contributed by atoms with Crippen LogP contribution >= 0.6 is 0 Å². The minimum absolute atomic E-state index is 0.0957. The maximum Gasteiger partial charge on any atom is 0.311 e. The second-order valence-corrected chi connectivity index (χ2v) is 5.84. The SMILES string of the molecule is COc1ccc(CNC(=O)[C@H](C)OC(=O)Cc2ccc(OC)c(F)c2)cc1. The van der Waals surface area contributed by atoms with Gasteiger partial charge in [-0.1, -0.05) is 18.2 Å². The number of carbonyl (C=O) groups is 2. The van der Waals surface area contributed by atoms with E-state index in [4.69, 9.17) is 14.2 Å². The number of nitrogens with one attached hydrogen (secondary N) is 1. The number of hydrogen-bond donors (Lipinski definition) is 1. The molecule has 0 aliphatic carbocycles. The molecule has 0 aliphatic rings. The third-order valence-corrected chi connectivity index (χ3v) is 3.87. The lowest BCUT2D eigenvalue weighted by atomic mass is 10.1. The van der Waals surface area contributed by atoms with Gasteiger partial charge in [0, 0.05) is 6.54 Å².